The first kappa shape index (κ1) is 17.1. The highest BCUT2D eigenvalue weighted by molar-refractivity contribution is 7.09. The molecule has 1 aliphatic heterocycles. The maximum atomic E-state index is 13.4. The van der Waals surface area contributed by atoms with Crippen molar-refractivity contribution in [3.05, 3.63) is 94.0 Å². The van der Waals surface area contributed by atoms with E-state index in [0.717, 1.165) is 17.0 Å². The lowest BCUT2D eigenvalue weighted by Gasteiger charge is -2.26. The second kappa shape index (κ2) is 7.44. The van der Waals surface area contributed by atoms with Crippen molar-refractivity contribution in [1.29, 1.82) is 0 Å². The number of amides is 1. The zero-order chi connectivity index (χ0) is 17.8. The molecule has 0 aliphatic carbocycles. The molecular weight excluding hydrogens is 342 g/mol. The van der Waals surface area contributed by atoms with Gasteiger partial charge in [-0.25, -0.2) is 8.78 Å². The van der Waals surface area contributed by atoms with Crippen LogP contribution in [0.15, 0.2) is 71.9 Å². The van der Waals surface area contributed by atoms with Crippen LogP contribution in [0.25, 0.3) is 0 Å². The second-order valence-electron chi connectivity index (χ2n) is 5.51. The van der Waals surface area contributed by atoms with Crippen molar-refractivity contribution in [2.75, 3.05) is 0 Å². The molecule has 0 radical (unpaired) electrons. The maximum absolute atomic E-state index is 13.4. The second-order valence-corrected chi connectivity index (χ2v) is 6.54. The Morgan fingerprint density at radius 1 is 1.24 bits per heavy atom. The highest BCUT2D eigenvalue weighted by Crippen LogP contribution is 2.22. The fourth-order valence-electron chi connectivity index (χ4n) is 2.45. The molecule has 3 rings (SSSR count). The Kier molecular flexibility index (Phi) is 5.09. The predicted molar refractivity (Wildman–Crippen MR) is 94.4 cm³/mol. The van der Waals surface area contributed by atoms with E-state index in [0.29, 0.717) is 29.9 Å². The molecule has 1 aliphatic rings. The maximum Gasteiger partial charge on any atom is 0.253 e. The largest absolute Gasteiger partial charge is 0.347 e. The Labute approximate surface area is 148 Å². The van der Waals surface area contributed by atoms with Gasteiger partial charge in [0.2, 0.25) is 0 Å². The van der Waals surface area contributed by atoms with Gasteiger partial charge in [0.05, 0.1) is 12.1 Å². The van der Waals surface area contributed by atoms with Gasteiger partial charge in [0, 0.05) is 23.3 Å². The van der Waals surface area contributed by atoms with E-state index < -0.39 is 11.6 Å². The number of allylic oxidation sites excluding steroid dienone is 2. The summed E-state index contributed by atoms with van der Waals surface area (Å²) in [5, 5.41) is 4.81. The van der Waals surface area contributed by atoms with E-state index in [1.807, 2.05) is 17.5 Å². The van der Waals surface area contributed by atoms with Crippen LogP contribution >= 0.6 is 11.3 Å². The Morgan fingerprint density at radius 2 is 2.08 bits per heavy atom. The minimum Gasteiger partial charge on any atom is -0.347 e. The lowest BCUT2D eigenvalue weighted by molar-refractivity contribution is -0.117. The molecule has 2 aromatic rings. The Hall–Kier alpha value is -2.73. The molecule has 25 heavy (non-hydrogen) atoms. The fourth-order valence-corrected chi connectivity index (χ4v) is 3.09. The summed E-state index contributed by atoms with van der Waals surface area (Å²) in [6.45, 7) is 4.71. The average Bonchev–Trinajstić information content (AvgIpc) is 3.11. The summed E-state index contributed by atoms with van der Waals surface area (Å²) in [4.78, 5) is 15.2. The number of hydrogen-bond acceptors (Lipinski definition) is 3. The quantitative estimate of drug-likeness (QED) is 0.872. The summed E-state index contributed by atoms with van der Waals surface area (Å²) < 4.78 is 26.4. The van der Waals surface area contributed by atoms with E-state index in [1.54, 1.807) is 34.6 Å². The third-order valence-corrected chi connectivity index (χ3v) is 4.65. The van der Waals surface area contributed by atoms with Gasteiger partial charge in [0.15, 0.2) is 11.6 Å². The van der Waals surface area contributed by atoms with Gasteiger partial charge in [-0.1, -0.05) is 18.7 Å². The first-order valence-corrected chi connectivity index (χ1v) is 8.51. The van der Waals surface area contributed by atoms with E-state index in [9.17, 15) is 13.6 Å². The number of carbonyl (C=O) groups excluding carboxylic acids is 1. The molecule has 1 N–H and O–H groups in total. The van der Waals surface area contributed by atoms with Crippen molar-refractivity contribution in [3.8, 4) is 0 Å². The van der Waals surface area contributed by atoms with E-state index in [-0.39, 0.29) is 5.91 Å². The first-order valence-electron chi connectivity index (χ1n) is 7.63. The molecule has 0 saturated heterocycles. The van der Waals surface area contributed by atoms with Gasteiger partial charge in [-0.3, -0.25) is 4.79 Å². The van der Waals surface area contributed by atoms with Crippen molar-refractivity contribution in [2.45, 2.75) is 13.1 Å². The minimum atomic E-state index is -0.895. The van der Waals surface area contributed by atoms with Crippen molar-refractivity contribution in [1.82, 2.24) is 10.2 Å². The van der Waals surface area contributed by atoms with Crippen LogP contribution in [0.4, 0.5) is 8.78 Å². The van der Waals surface area contributed by atoms with Crippen LogP contribution in [0, 0.1) is 11.6 Å². The lowest BCUT2D eigenvalue weighted by Crippen LogP contribution is -2.30. The summed E-state index contributed by atoms with van der Waals surface area (Å²) in [6.07, 6.45) is 5.17. The van der Waals surface area contributed by atoms with Crippen LogP contribution in [0.5, 0.6) is 0 Å². The Morgan fingerprint density at radius 3 is 2.80 bits per heavy atom. The lowest BCUT2D eigenvalue weighted by atomic mass is 10.1. The summed E-state index contributed by atoms with van der Waals surface area (Å²) >= 11 is 1.57. The van der Waals surface area contributed by atoms with E-state index in [2.05, 4.69) is 11.9 Å². The molecule has 0 atom stereocenters. The van der Waals surface area contributed by atoms with Gasteiger partial charge >= 0.3 is 0 Å². The zero-order valence-corrected chi connectivity index (χ0v) is 14.2. The summed E-state index contributed by atoms with van der Waals surface area (Å²) in [5.74, 6) is -2.00. The third kappa shape index (κ3) is 4.03. The van der Waals surface area contributed by atoms with Crippen LogP contribution in [0.2, 0.25) is 0 Å². The smallest absolute Gasteiger partial charge is 0.253 e. The minimum absolute atomic E-state index is 0.224. The molecule has 0 bridgehead atoms. The van der Waals surface area contributed by atoms with Crippen molar-refractivity contribution in [2.24, 2.45) is 0 Å². The molecule has 1 aromatic carbocycles. The topological polar surface area (TPSA) is 32.3 Å². The van der Waals surface area contributed by atoms with Gasteiger partial charge < -0.3 is 10.2 Å². The normalized spacial score (nSPS) is 13.8. The van der Waals surface area contributed by atoms with Gasteiger partial charge in [0.25, 0.3) is 5.91 Å². The Bertz CT molecular complexity index is 856. The molecule has 1 aromatic heterocycles. The molecule has 0 unspecified atom stereocenters. The number of nitrogens with one attached hydrogen (secondary N) is 1. The Balaban J connectivity index is 1.65. The van der Waals surface area contributed by atoms with Gasteiger partial charge in [-0.05, 0) is 41.3 Å². The SMILES string of the molecule is C=C1C(C(=O)NCc2cccs2)=CC=CN1Cc1ccc(F)c(F)c1. The van der Waals surface area contributed by atoms with E-state index >= 15 is 0 Å². The molecule has 2 heterocycles. The molecular formula is C19H16F2N2OS. The highest BCUT2D eigenvalue weighted by atomic mass is 32.1. The van der Waals surface area contributed by atoms with Gasteiger partial charge in [0.1, 0.15) is 0 Å². The van der Waals surface area contributed by atoms with Crippen molar-refractivity contribution >= 4 is 17.2 Å². The number of hydrogen-bond donors (Lipinski definition) is 1. The van der Waals surface area contributed by atoms with E-state index in [4.69, 9.17) is 0 Å². The molecule has 1 amide bonds. The standard InChI is InChI=1S/C19H16F2N2OS/c1-13-16(19(24)22-11-15-4-3-9-25-15)5-2-8-23(13)12-14-6-7-17(20)18(21)10-14/h2-10H,1,11-12H2,(H,22,24). The summed E-state index contributed by atoms with van der Waals surface area (Å²) in [6, 6.07) is 7.62. The highest BCUT2D eigenvalue weighted by Gasteiger charge is 2.19. The van der Waals surface area contributed by atoms with Gasteiger partial charge in [-0.15, -0.1) is 11.3 Å². The fraction of sp³-hybridized carbons (Fsp3) is 0.105. The zero-order valence-electron chi connectivity index (χ0n) is 13.3. The van der Waals surface area contributed by atoms with Crippen LogP contribution < -0.4 is 5.32 Å². The number of carbonyl (C=O) groups is 1. The van der Waals surface area contributed by atoms with E-state index in [1.165, 1.54) is 6.07 Å². The molecule has 6 heteroatoms. The number of rotatable bonds is 5. The van der Waals surface area contributed by atoms with Crippen LogP contribution in [0.1, 0.15) is 10.4 Å². The van der Waals surface area contributed by atoms with Gasteiger partial charge in [-0.2, -0.15) is 0 Å². The number of halogens is 2. The molecule has 0 saturated carbocycles. The average molecular weight is 358 g/mol. The first-order chi connectivity index (χ1) is 12.0. The number of nitrogens with zero attached hydrogens (tertiary/aromatic N) is 1. The number of thiophene rings is 1. The predicted octanol–water partition coefficient (Wildman–Crippen LogP) is 4.11. The van der Waals surface area contributed by atoms with Crippen LogP contribution in [-0.2, 0) is 17.9 Å². The molecule has 0 fully saturated rings. The summed E-state index contributed by atoms with van der Waals surface area (Å²) in [7, 11) is 0. The van der Waals surface area contributed by atoms with Crippen molar-refractivity contribution < 1.29 is 13.6 Å². The molecule has 3 nitrogen and oxygen atoms in total. The third-order valence-electron chi connectivity index (χ3n) is 3.77. The molecule has 128 valence electrons. The van der Waals surface area contributed by atoms with Crippen LogP contribution in [0.3, 0.4) is 0 Å². The van der Waals surface area contributed by atoms with Crippen LogP contribution in [-0.4, -0.2) is 10.8 Å². The molecule has 0 spiro atoms. The number of benzene rings is 1. The summed E-state index contributed by atoms with van der Waals surface area (Å²) in [5.41, 5.74) is 1.54. The van der Waals surface area contributed by atoms with Crippen molar-refractivity contribution in [3.63, 3.8) is 0 Å². The monoisotopic (exact) mass is 358 g/mol.